The van der Waals surface area contributed by atoms with Crippen molar-refractivity contribution < 1.29 is 4.74 Å². The fourth-order valence-corrected chi connectivity index (χ4v) is 4.42. The Morgan fingerprint density at radius 3 is 2.65 bits per heavy atom. The quantitative estimate of drug-likeness (QED) is 0.438. The van der Waals surface area contributed by atoms with Crippen LogP contribution < -0.4 is 4.74 Å². The molecule has 2 aromatic heterocycles. The van der Waals surface area contributed by atoms with Crippen LogP contribution in [0.1, 0.15) is 28.3 Å². The summed E-state index contributed by atoms with van der Waals surface area (Å²) in [6.07, 6.45) is 0. The summed E-state index contributed by atoms with van der Waals surface area (Å²) in [5.41, 5.74) is 4.86. The van der Waals surface area contributed by atoms with Crippen LogP contribution in [0.15, 0.2) is 54.6 Å². The highest BCUT2D eigenvalue weighted by Crippen LogP contribution is 2.46. The monoisotopic (exact) mass is 427 g/mol. The van der Waals surface area contributed by atoms with Crippen LogP contribution in [0.3, 0.4) is 0 Å². The van der Waals surface area contributed by atoms with E-state index in [0.717, 1.165) is 33.4 Å². The number of halogens is 1. The molecule has 0 saturated carbocycles. The first-order chi connectivity index (χ1) is 15.0. The first kappa shape index (κ1) is 19.3. The zero-order valence-electron chi connectivity index (χ0n) is 16.9. The minimum atomic E-state index is -0.832. The van der Waals surface area contributed by atoms with E-state index in [2.05, 4.69) is 16.2 Å². The lowest BCUT2D eigenvalue weighted by atomic mass is 9.80. The fourth-order valence-electron chi connectivity index (χ4n) is 4.16. The second-order valence-electron chi connectivity index (χ2n) is 7.67. The number of pyridine rings is 1. The number of hydrogen-bond donors (Lipinski definition) is 1. The predicted molar refractivity (Wildman–Crippen MR) is 119 cm³/mol. The number of fused-ring (bicyclic) bond motifs is 2. The Balaban J connectivity index is 1.76. The molecule has 2 aromatic carbocycles. The molecule has 152 valence electrons. The maximum Gasteiger partial charge on any atom is 0.228 e. The van der Waals surface area contributed by atoms with Gasteiger partial charge in [0.1, 0.15) is 11.1 Å². The summed E-state index contributed by atoms with van der Waals surface area (Å²) in [6.45, 7) is 3.88. The summed E-state index contributed by atoms with van der Waals surface area (Å²) < 4.78 is 7.51. The molecule has 1 N–H and O–H groups in total. The van der Waals surface area contributed by atoms with Crippen molar-refractivity contribution >= 4 is 28.4 Å². The van der Waals surface area contributed by atoms with Crippen LogP contribution in [0.5, 0.6) is 5.88 Å². The average molecular weight is 428 g/mol. The van der Waals surface area contributed by atoms with Gasteiger partial charge in [0.15, 0.2) is 0 Å². The molecule has 0 spiro atoms. The van der Waals surface area contributed by atoms with Crippen LogP contribution in [0, 0.1) is 36.5 Å². The maximum absolute atomic E-state index is 9.91. The van der Waals surface area contributed by atoms with Crippen LogP contribution >= 0.6 is 11.6 Å². The molecule has 0 saturated heterocycles. The minimum absolute atomic E-state index is 0.128. The van der Waals surface area contributed by atoms with Gasteiger partial charge in [0, 0.05) is 16.9 Å². The van der Waals surface area contributed by atoms with Gasteiger partial charge in [-0.3, -0.25) is 5.41 Å². The standard InChI is InChI=1S/C24H18ClN5O/c1-13-8-9-15-11-17(22(25)28-19(15)10-13)21-18(12-26)23(27)31-24-20(21)14(2)29-30(24)16-6-4-3-5-7-16/h3-11,18,21,27H,1-2H3. The average Bonchev–Trinajstić information content (AvgIpc) is 3.09. The zero-order chi connectivity index (χ0) is 21.7. The van der Waals surface area contributed by atoms with E-state index in [4.69, 9.17) is 21.7 Å². The molecule has 2 atom stereocenters. The third kappa shape index (κ3) is 3.06. The van der Waals surface area contributed by atoms with Gasteiger partial charge in [0.25, 0.3) is 0 Å². The van der Waals surface area contributed by atoms with Gasteiger partial charge < -0.3 is 4.74 Å². The lowest BCUT2D eigenvalue weighted by Gasteiger charge is -2.29. The summed E-state index contributed by atoms with van der Waals surface area (Å²) >= 11 is 6.64. The highest BCUT2D eigenvalue weighted by atomic mass is 35.5. The lowest BCUT2D eigenvalue weighted by molar-refractivity contribution is 0.424. The second kappa shape index (κ2) is 7.22. The molecule has 6 nitrogen and oxygen atoms in total. The normalized spacial score (nSPS) is 17.8. The fraction of sp³-hybridized carbons (Fsp3) is 0.167. The highest BCUT2D eigenvalue weighted by molar-refractivity contribution is 6.30. The number of rotatable bonds is 2. The maximum atomic E-state index is 9.91. The summed E-state index contributed by atoms with van der Waals surface area (Å²) in [5, 5.41) is 24.3. The summed E-state index contributed by atoms with van der Waals surface area (Å²) in [7, 11) is 0. The number of benzene rings is 2. The molecule has 3 heterocycles. The lowest BCUT2D eigenvalue weighted by Crippen LogP contribution is -2.31. The molecule has 1 aliphatic heterocycles. The smallest absolute Gasteiger partial charge is 0.228 e. The number of ether oxygens (including phenoxy) is 1. The molecule has 0 amide bonds. The number of nitrogens with one attached hydrogen (secondary N) is 1. The molecule has 4 aromatic rings. The molecule has 2 unspecified atom stereocenters. The Bertz CT molecular complexity index is 1390. The van der Waals surface area contributed by atoms with E-state index in [1.54, 1.807) is 4.68 Å². The van der Waals surface area contributed by atoms with Crippen molar-refractivity contribution in [1.82, 2.24) is 14.8 Å². The Morgan fingerprint density at radius 1 is 1.13 bits per heavy atom. The minimum Gasteiger partial charge on any atom is -0.423 e. The molecule has 0 bridgehead atoms. The summed E-state index contributed by atoms with van der Waals surface area (Å²) in [4.78, 5) is 4.59. The Kier molecular flexibility index (Phi) is 4.49. The van der Waals surface area contributed by atoms with Crippen molar-refractivity contribution in [1.29, 1.82) is 10.7 Å². The van der Waals surface area contributed by atoms with E-state index < -0.39 is 11.8 Å². The van der Waals surface area contributed by atoms with Gasteiger partial charge in [0.2, 0.25) is 11.8 Å². The van der Waals surface area contributed by atoms with Crippen molar-refractivity contribution in [2.75, 3.05) is 0 Å². The third-order valence-electron chi connectivity index (χ3n) is 5.62. The van der Waals surface area contributed by atoms with Crippen molar-refractivity contribution in [3.63, 3.8) is 0 Å². The van der Waals surface area contributed by atoms with E-state index in [1.807, 2.05) is 68.4 Å². The molecular weight excluding hydrogens is 410 g/mol. The number of hydrogen-bond acceptors (Lipinski definition) is 5. The Morgan fingerprint density at radius 2 is 1.90 bits per heavy atom. The number of nitriles is 1. The molecule has 31 heavy (non-hydrogen) atoms. The highest BCUT2D eigenvalue weighted by Gasteiger charge is 2.42. The molecule has 0 fully saturated rings. The van der Waals surface area contributed by atoms with Gasteiger partial charge in [-0.05, 0) is 49.2 Å². The molecule has 0 radical (unpaired) electrons. The molecule has 7 heteroatoms. The van der Waals surface area contributed by atoms with Crippen LogP contribution in [0.4, 0.5) is 0 Å². The Hall–Kier alpha value is -3.69. The van der Waals surface area contributed by atoms with E-state index in [-0.39, 0.29) is 5.90 Å². The van der Waals surface area contributed by atoms with E-state index in [9.17, 15) is 5.26 Å². The summed E-state index contributed by atoms with van der Waals surface area (Å²) in [6, 6.07) is 19.7. The SMILES string of the molecule is Cc1ccc2cc(C3c4c(C)nn(-c5ccccc5)c4OC(=N)C3C#N)c(Cl)nc2c1. The first-order valence-corrected chi connectivity index (χ1v) is 10.2. The van der Waals surface area contributed by atoms with Crippen LogP contribution in [0.2, 0.25) is 5.15 Å². The number of aryl methyl sites for hydroxylation is 2. The van der Waals surface area contributed by atoms with Gasteiger partial charge in [0.05, 0.1) is 23.0 Å². The summed E-state index contributed by atoms with van der Waals surface area (Å²) in [5.74, 6) is -1.03. The number of para-hydroxylation sites is 1. The van der Waals surface area contributed by atoms with Crippen molar-refractivity contribution in [3.05, 3.63) is 82.1 Å². The van der Waals surface area contributed by atoms with Crippen molar-refractivity contribution in [3.8, 4) is 17.6 Å². The molecule has 0 aliphatic carbocycles. The largest absolute Gasteiger partial charge is 0.423 e. The Labute approximate surface area is 184 Å². The number of nitrogens with zero attached hydrogens (tertiary/aromatic N) is 4. The van der Waals surface area contributed by atoms with Crippen molar-refractivity contribution in [2.45, 2.75) is 19.8 Å². The van der Waals surface area contributed by atoms with Gasteiger partial charge in [-0.15, -0.1) is 0 Å². The van der Waals surface area contributed by atoms with E-state index in [1.165, 1.54) is 0 Å². The number of aromatic nitrogens is 3. The van der Waals surface area contributed by atoms with Crippen LogP contribution in [-0.4, -0.2) is 20.7 Å². The third-order valence-corrected chi connectivity index (χ3v) is 5.93. The van der Waals surface area contributed by atoms with Gasteiger partial charge in [-0.1, -0.05) is 41.9 Å². The van der Waals surface area contributed by atoms with Crippen LogP contribution in [-0.2, 0) is 0 Å². The van der Waals surface area contributed by atoms with Crippen molar-refractivity contribution in [2.24, 2.45) is 5.92 Å². The predicted octanol–water partition coefficient (Wildman–Crippen LogP) is 5.33. The zero-order valence-corrected chi connectivity index (χ0v) is 17.7. The molecular formula is C24H18ClN5O. The van der Waals surface area contributed by atoms with E-state index in [0.29, 0.717) is 16.6 Å². The van der Waals surface area contributed by atoms with E-state index >= 15 is 0 Å². The first-order valence-electron chi connectivity index (χ1n) is 9.85. The molecule has 1 aliphatic rings. The molecule has 5 rings (SSSR count). The topological polar surface area (TPSA) is 87.6 Å². The van der Waals surface area contributed by atoms with Gasteiger partial charge in [-0.2, -0.15) is 10.4 Å². The van der Waals surface area contributed by atoms with Gasteiger partial charge >= 0.3 is 0 Å². The second-order valence-corrected chi connectivity index (χ2v) is 8.02. The van der Waals surface area contributed by atoms with Gasteiger partial charge in [-0.25, -0.2) is 9.67 Å². The van der Waals surface area contributed by atoms with Crippen LogP contribution in [0.25, 0.3) is 16.6 Å².